The van der Waals surface area contributed by atoms with Gasteiger partial charge in [-0.15, -0.1) is 0 Å². The molecule has 1 aliphatic heterocycles. The Bertz CT molecular complexity index is 136. The Kier molecular flexibility index (Phi) is 3.05. The van der Waals surface area contributed by atoms with Crippen LogP contribution in [-0.2, 0) is 15.6 Å². The predicted molar refractivity (Wildman–Crippen MR) is 39.5 cm³/mol. The van der Waals surface area contributed by atoms with E-state index >= 15 is 0 Å². The van der Waals surface area contributed by atoms with Crippen molar-refractivity contribution in [2.45, 2.75) is 26.3 Å². The van der Waals surface area contributed by atoms with Gasteiger partial charge in [0.2, 0.25) is 0 Å². The first kappa shape index (κ1) is 8.41. The number of likely N-dealkylation sites (N-methyl/N-ethyl adjacent to an activating group) is 1. The zero-order valence-corrected chi connectivity index (χ0v) is 7.39. The average Bonchev–Trinajstić information content (AvgIpc) is 2.30. The molecule has 0 aromatic heterocycles. The van der Waals surface area contributed by atoms with Crippen LogP contribution in [0.1, 0.15) is 20.3 Å². The molecule has 0 bridgehead atoms. The third kappa shape index (κ3) is 1.67. The van der Waals surface area contributed by atoms with Crippen LogP contribution in [-0.4, -0.2) is 28.7 Å². The van der Waals surface area contributed by atoms with Crippen molar-refractivity contribution in [3.05, 3.63) is 0 Å². The Hall–Kier alpha value is 0.309. The first-order chi connectivity index (χ1) is 4.77. The van der Waals surface area contributed by atoms with E-state index in [4.69, 9.17) is 15.6 Å². The fourth-order valence-electron chi connectivity index (χ4n) is 1.12. The molecule has 63 valence electrons. The van der Waals surface area contributed by atoms with Gasteiger partial charge in [0.1, 0.15) is 0 Å². The molecule has 2 nitrogen and oxygen atoms in total. The molecular formula is C7H14CuN2. The molecule has 1 unspecified atom stereocenters. The molecule has 1 N–H and O–H groups in total. The van der Waals surface area contributed by atoms with Crippen LogP contribution in [0.5, 0.6) is 0 Å². The van der Waals surface area contributed by atoms with E-state index < -0.39 is 0 Å². The van der Waals surface area contributed by atoms with Crippen LogP contribution in [0.15, 0.2) is 0 Å². The number of nitrogens with one attached hydrogen (secondary N) is 1. The third-order valence-electron chi connectivity index (χ3n) is 1.88. The summed E-state index contributed by atoms with van der Waals surface area (Å²) in [6, 6.07) is 0.585. The molecule has 1 saturated heterocycles. The Balaban J connectivity index is 2.44. The maximum atomic E-state index is 5.25. The maximum absolute atomic E-state index is 5.25. The summed E-state index contributed by atoms with van der Waals surface area (Å²) in [7, 11) is 0. The van der Waals surface area contributed by atoms with Crippen molar-refractivity contribution in [2.24, 2.45) is 0 Å². The molecular weight excluding hydrogens is 176 g/mol. The molecule has 0 amide bonds. The van der Waals surface area contributed by atoms with Gasteiger partial charge in [0.15, 0.2) is 0 Å². The van der Waals surface area contributed by atoms with Gasteiger partial charge in [-0.1, -0.05) is 0 Å². The van der Waals surface area contributed by atoms with Crippen LogP contribution in [0.2, 0.25) is 0 Å². The Morgan fingerprint density at radius 3 is 2.70 bits per heavy atom. The summed E-state index contributed by atoms with van der Waals surface area (Å²) in [5.74, 6) is 0. The summed E-state index contributed by atoms with van der Waals surface area (Å²) in [5, 5.41) is 3.25. The minimum absolute atomic E-state index is 0.585. The molecule has 1 fully saturated rings. The fraction of sp³-hybridized carbons (Fsp3) is 0.857. The van der Waals surface area contributed by atoms with Crippen molar-refractivity contribution >= 4 is 4.67 Å². The Morgan fingerprint density at radius 1 is 1.70 bits per heavy atom. The molecule has 0 aromatic carbocycles. The molecule has 0 aromatic rings. The summed E-state index contributed by atoms with van der Waals surface area (Å²) in [6.07, 6.45) is 1.16. The quantitative estimate of drug-likeness (QED) is 0.630. The van der Waals surface area contributed by atoms with E-state index in [0.29, 0.717) is 6.04 Å². The number of hydrogen-bond donors (Lipinski definition) is 1. The van der Waals surface area contributed by atoms with Gasteiger partial charge in [-0.05, 0) is 0 Å². The van der Waals surface area contributed by atoms with E-state index in [1.165, 1.54) is 0 Å². The summed E-state index contributed by atoms with van der Waals surface area (Å²) in [5.41, 5.74) is 0. The van der Waals surface area contributed by atoms with Crippen molar-refractivity contribution in [3.8, 4) is 0 Å². The molecule has 1 heterocycles. The SMILES string of the molecule is CCC1CN(CC)[C](=[Cu])N1. The second-order valence-electron chi connectivity index (χ2n) is 2.54. The summed E-state index contributed by atoms with van der Waals surface area (Å²) < 4.78 is 0.904. The zero-order chi connectivity index (χ0) is 7.56. The molecule has 1 atom stereocenters. The summed E-state index contributed by atoms with van der Waals surface area (Å²) in [4.78, 5) is 2.19. The van der Waals surface area contributed by atoms with Gasteiger partial charge in [-0.25, -0.2) is 0 Å². The van der Waals surface area contributed by atoms with E-state index in [-0.39, 0.29) is 0 Å². The van der Waals surface area contributed by atoms with E-state index in [1.54, 1.807) is 0 Å². The average molecular weight is 190 g/mol. The normalized spacial score (nSPS) is 28.0. The van der Waals surface area contributed by atoms with Crippen molar-refractivity contribution in [1.29, 1.82) is 0 Å². The van der Waals surface area contributed by atoms with Crippen LogP contribution in [0.25, 0.3) is 0 Å². The van der Waals surface area contributed by atoms with Crippen molar-refractivity contribution in [3.63, 3.8) is 0 Å². The predicted octanol–water partition coefficient (Wildman–Crippen LogP) is 0.324. The second kappa shape index (κ2) is 3.63. The van der Waals surface area contributed by atoms with Gasteiger partial charge in [-0.2, -0.15) is 0 Å². The second-order valence-corrected chi connectivity index (χ2v) is 2.99. The van der Waals surface area contributed by atoms with Gasteiger partial charge >= 0.3 is 69.9 Å². The topological polar surface area (TPSA) is 15.3 Å². The fourth-order valence-corrected chi connectivity index (χ4v) is 1.54. The number of hydrogen-bond acceptors (Lipinski definition) is 2. The van der Waals surface area contributed by atoms with Crippen molar-refractivity contribution in [1.82, 2.24) is 10.2 Å². The van der Waals surface area contributed by atoms with E-state index in [2.05, 4.69) is 24.1 Å². The van der Waals surface area contributed by atoms with E-state index in [1.807, 2.05) is 0 Å². The van der Waals surface area contributed by atoms with Gasteiger partial charge in [0.25, 0.3) is 0 Å². The summed E-state index contributed by atoms with van der Waals surface area (Å²) >= 11 is 5.25. The van der Waals surface area contributed by atoms with E-state index in [9.17, 15) is 0 Å². The molecule has 0 spiro atoms. The van der Waals surface area contributed by atoms with Crippen molar-refractivity contribution in [2.75, 3.05) is 13.1 Å². The van der Waals surface area contributed by atoms with Gasteiger partial charge in [-0.3, -0.25) is 0 Å². The van der Waals surface area contributed by atoms with Crippen molar-refractivity contribution < 1.29 is 15.6 Å². The van der Waals surface area contributed by atoms with Gasteiger partial charge in [0.05, 0.1) is 0 Å². The molecule has 10 heavy (non-hydrogen) atoms. The Labute approximate surface area is 70.3 Å². The van der Waals surface area contributed by atoms with Gasteiger partial charge in [0, 0.05) is 0 Å². The molecule has 0 aliphatic carbocycles. The first-order valence-corrected chi connectivity index (χ1v) is 4.25. The molecule has 0 radical (unpaired) electrons. The van der Waals surface area contributed by atoms with Crippen LogP contribution < -0.4 is 5.32 Å². The standard InChI is InChI=1S/C7H14N2.Cu/c1-3-7-5-9(4-2)6-8-7;/h7-8H,3-5H2,1-2H3;. The minimum atomic E-state index is 0.585. The molecule has 1 rings (SSSR count). The summed E-state index contributed by atoms with van der Waals surface area (Å²) in [6.45, 7) is 6.41. The van der Waals surface area contributed by atoms with Crippen LogP contribution in [0, 0.1) is 0 Å². The monoisotopic (exact) mass is 189 g/mol. The molecule has 1 aliphatic rings. The number of nitrogens with zero attached hydrogens (tertiary/aromatic N) is 1. The first-order valence-electron chi connectivity index (χ1n) is 3.78. The van der Waals surface area contributed by atoms with Crippen LogP contribution >= 0.6 is 0 Å². The van der Waals surface area contributed by atoms with Crippen LogP contribution in [0.4, 0.5) is 0 Å². The molecule has 3 heteroatoms. The molecule has 0 saturated carbocycles. The van der Waals surface area contributed by atoms with Gasteiger partial charge < -0.3 is 0 Å². The van der Waals surface area contributed by atoms with E-state index in [0.717, 1.165) is 24.2 Å². The zero-order valence-electron chi connectivity index (χ0n) is 6.45. The van der Waals surface area contributed by atoms with Crippen LogP contribution in [0.3, 0.4) is 0 Å². The number of rotatable bonds is 2. The third-order valence-corrected chi connectivity index (χ3v) is 2.31. The Morgan fingerprint density at radius 2 is 2.40 bits per heavy atom.